The van der Waals surface area contributed by atoms with Crippen molar-refractivity contribution in [1.29, 1.82) is 0 Å². The van der Waals surface area contributed by atoms with E-state index < -0.39 is 18.1 Å². The van der Waals surface area contributed by atoms with Crippen LogP contribution in [0, 0.1) is 0 Å². The van der Waals surface area contributed by atoms with Crippen LogP contribution < -0.4 is 5.32 Å². The molecule has 3 N–H and O–H groups in total. The van der Waals surface area contributed by atoms with Crippen molar-refractivity contribution in [2.24, 2.45) is 0 Å². The molecule has 0 aliphatic carbocycles. The third-order valence-corrected chi connectivity index (χ3v) is 3.54. The van der Waals surface area contributed by atoms with Crippen molar-refractivity contribution in [3.8, 4) is 0 Å². The number of aliphatic hydroxyl groups excluding tert-OH is 1. The number of hydrogen-bond acceptors (Lipinski definition) is 4. The van der Waals surface area contributed by atoms with Gasteiger partial charge in [-0.15, -0.1) is 0 Å². The van der Waals surface area contributed by atoms with Gasteiger partial charge in [0.1, 0.15) is 6.04 Å². The van der Waals surface area contributed by atoms with Crippen LogP contribution in [0.15, 0.2) is 30.3 Å². The molecule has 5 nitrogen and oxygen atoms in total. The fourth-order valence-corrected chi connectivity index (χ4v) is 2.50. The third kappa shape index (κ3) is 5.76. The van der Waals surface area contributed by atoms with Crippen molar-refractivity contribution in [2.75, 3.05) is 11.5 Å². The number of carbonyl (C=O) groups excluding carboxylic acids is 1. The average Bonchev–Trinajstić information content (AvgIpc) is 2.37. The molecule has 19 heavy (non-hydrogen) atoms. The van der Waals surface area contributed by atoms with Gasteiger partial charge in [-0.1, -0.05) is 30.3 Å². The van der Waals surface area contributed by atoms with Gasteiger partial charge in [0.15, 0.2) is 0 Å². The highest BCUT2D eigenvalue weighted by Crippen LogP contribution is 2.18. The molecule has 0 aliphatic heterocycles. The van der Waals surface area contributed by atoms with E-state index in [-0.39, 0.29) is 11.7 Å². The maximum Gasteiger partial charge on any atom is 0.327 e. The number of carbonyl (C=O) groups is 2. The molecule has 104 valence electrons. The van der Waals surface area contributed by atoms with E-state index in [0.29, 0.717) is 5.75 Å². The number of benzene rings is 1. The Bertz CT molecular complexity index is 424. The second kappa shape index (κ2) is 7.81. The summed E-state index contributed by atoms with van der Waals surface area (Å²) in [5, 5.41) is 21.2. The Morgan fingerprint density at radius 3 is 2.42 bits per heavy atom. The second-order valence-corrected chi connectivity index (χ2v) is 5.13. The first-order chi connectivity index (χ1) is 9.00. The van der Waals surface area contributed by atoms with Gasteiger partial charge in [0.25, 0.3) is 0 Å². The normalized spacial score (nSPS) is 13.6. The predicted octanol–water partition coefficient (Wildman–Crippen LogP) is 1.04. The molecule has 0 heterocycles. The summed E-state index contributed by atoms with van der Waals surface area (Å²) in [4.78, 5) is 21.7. The first-order valence-electron chi connectivity index (χ1n) is 5.81. The Kier molecular flexibility index (Phi) is 6.38. The van der Waals surface area contributed by atoms with E-state index in [1.165, 1.54) is 18.7 Å². The standard InChI is InChI=1S/C13H17NO4S/c1-9(15)14-11(13(17)18)7-19-8-12(16)10-5-3-2-4-6-10/h2-6,11-12,16H,7-8H2,1H3,(H,14,15)(H,17,18)/t11-,12?/m0/s1. The SMILES string of the molecule is CC(=O)N[C@@H](CSCC(O)c1ccccc1)C(=O)O. The van der Waals surface area contributed by atoms with Gasteiger partial charge in [-0.25, -0.2) is 4.79 Å². The maximum absolute atomic E-state index is 10.9. The molecule has 6 heteroatoms. The molecule has 0 aliphatic rings. The van der Waals surface area contributed by atoms with Gasteiger partial charge in [-0.3, -0.25) is 4.79 Å². The van der Waals surface area contributed by atoms with Crippen LogP contribution in [0.2, 0.25) is 0 Å². The largest absolute Gasteiger partial charge is 0.480 e. The topological polar surface area (TPSA) is 86.6 Å². The molecule has 0 aromatic heterocycles. The highest BCUT2D eigenvalue weighted by Gasteiger charge is 2.19. The van der Waals surface area contributed by atoms with Gasteiger partial charge in [0.2, 0.25) is 5.91 Å². The van der Waals surface area contributed by atoms with E-state index in [1.807, 2.05) is 30.3 Å². The molecule has 0 spiro atoms. The lowest BCUT2D eigenvalue weighted by molar-refractivity contribution is -0.140. The van der Waals surface area contributed by atoms with Crippen LogP contribution in [0.5, 0.6) is 0 Å². The summed E-state index contributed by atoms with van der Waals surface area (Å²) in [5.41, 5.74) is 0.793. The summed E-state index contributed by atoms with van der Waals surface area (Å²) < 4.78 is 0. The smallest absolute Gasteiger partial charge is 0.327 e. The lowest BCUT2D eigenvalue weighted by Crippen LogP contribution is -2.41. The summed E-state index contributed by atoms with van der Waals surface area (Å²) in [7, 11) is 0. The number of hydrogen-bond donors (Lipinski definition) is 3. The summed E-state index contributed by atoms with van der Waals surface area (Å²) in [6.07, 6.45) is -0.641. The van der Waals surface area contributed by atoms with Crippen molar-refractivity contribution in [3.63, 3.8) is 0 Å². The summed E-state index contributed by atoms with van der Waals surface area (Å²) >= 11 is 1.29. The van der Waals surface area contributed by atoms with Crippen LogP contribution in [-0.2, 0) is 9.59 Å². The molecule has 1 aromatic rings. The minimum Gasteiger partial charge on any atom is -0.480 e. The van der Waals surface area contributed by atoms with Crippen molar-refractivity contribution >= 4 is 23.6 Å². The van der Waals surface area contributed by atoms with Gasteiger partial charge in [0.05, 0.1) is 6.10 Å². The molecule has 1 unspecified atom stereocenters. The number of aliphatic carboxylic acids is 1. The van der Waals surface area contributed by atoms with E-state index in [0.717, 1.165) is 5.56 Å². The Labute approximate surface area is 116 Å². The maximum atomic E-state index is 10.9. The minimum atomic E-state index is -1.07. The highest BCUT2D eigenvalue weighted by atomic mass is 32.2. The Morgan fingerprint density at radius 2 is 1.89 bits per heavy atom. The van der Waals surface area contributed by atoms with Crippen LogP contribution in [-0.4, -0.2) is 39.6 Å². The molecule has 1 amide bonds. The van der Waals surface area contributed by atoms with Crippen molar-refractivity contribution < 1.29 is 19.8 Å². The number of carboxylic acids is 1. The van der Waals surface area contributed by atoms with Crippen molar-refractivity contribution in [3.05, 3.63) is 35.9 Å². The molecular formula is C13H17NO4S. The summed E-state index contributed by atoms with van der Waals surface area (Å²) in [6.45, 7) is 1.28. The van der Waals surface area contributed by atoms with Crippen LogP contribution >= 0.6 is 11.8 Å². The van der Waals surface area contributed by atoms with E-state index in [9.17, 15) is 14.7 Å². The number of nitrogens with one attached hydrogen (secondary N) is 1. The summed E-state index contributed by atoms with van der Waals surface area (Å²) in [5.74, 6) is -0.847. The highest BCUT2D eigenvalue weighted by molar-refractivity contribution is 7.99. The van der Waals surface area contributed by atoms with Gasteiger partial charge in [-0.05, 0) is 5.56 Å². The van der Waals surface area contributed by atoms with Gasteiger partial charge < -0.3 is 15.5 Å². The number of thioether (sulfide) groups is 1. The lowest BCUT2D eigenvalue weighted by atomic mass is 10.1. The van der Waals surface area contributed by atoms with Gasteiger partial charge in [0, 0.05) is 18.4 Å². The molecule has 0 saturated heterocycles. The van der Waals surface area contributed by atoms with Crippen molar-refractivity contribution in [1.82, 2.24) is 5.32 Å². The third-order valence-electron chi connectivity index (χ3n) is 2.42. The number of aliphatic hydroxyl groups is 1. The van der Waals surface area contributed by atoms with E-state index in [1.54, 1.807) is 0 Å². The zero-order valence-electron chi connectivity index (χ0n) is 10.6. The van der Waals surface area contributed by atoms with E-state index in [4.69, 9.17) is 5.11 Å². The summed E-state index contributed by atoms with van der Waals surface area (Å²) in [6, 6.07) is 8.23. The Balaban J connectivity index is 2.40. The fourth-order valence-electron chi connectivity index (χ4n) is 1.49. The zero-order valence-corrected chi connectivity index (χ0v) is 11.4. The average molecular weight is 283 g/mol. The van der Waals surface area contributed by atoms with Gasteiger partial charge in [-0.2, -0.15) is 11.8 Å². The van der Waals surface area contributed by atoms with E-state index in [2.05, 4.69) is 5.32 Å². The van der Waals surface area contributed by atoms with Crippen LogP contribution in [0.4, 0.5) is 0 Å². The molecular weight excluding hydrogens is 266 g/mol. The Morgan fingerprint density at radius 1 is 1.26 bits per heavy atom. The Hall–Kier alpha value is -1.53. The van der Waals surface area contributed by atoms with Crippen molar-refractivity contribution in [2.45, 2.75) is 19.1 Å². The molecule has 1 aromatic carbocycles. The van der Waals surface area contributed by atoms with Crippen LogP contribution in [0.25, 0.3) is 0 Å². The lowest BCUT2D eigenvalue weighted by Gasteiger charge is -2.15. The van der Waals surface area contributed by atoms with E-state index >= 15 is 0 Å². The van der Waals surface area contributed by atoms with Crippen LogP contribution in [0.3, 0.4) is 0 Å². The van der Waals surface area contributed by atoms with Gasteiger partial charge >= 0.3 is 5.97 Å². The quantitative estimate of drug-likeness (QED) is 0.696. The molecule has 1 rings (SSSR count). The second-order valence-electron chi connectivity index (χ2n) is 4.06. The molecule has 0 fully saturated rings. The molecule has 0 bridgehead atoms. The number of rotatable bonds is 7. The fraction of sp³-hybridized carbons (Fsp3) is 0.385. The van der Waals surface area contributed by atoms with Crippen LogP contribution in [0.1, 0.15) is 18.6 Å². The molecule has 0 radical (unpaired) electrons. The monoisotopic (exact) mass is 283 g/mol. The first kappa shape index (κ1) is 15.5. The molecule has 2 atom stereocenters. The first-order valence-corrected chi connectivity index (χ1v) is 6.97. The minimum absolute atomic E-state index is 0.221. The molecule has 0 saturated carbocycles. The zero-order chi connectivity index (χ0) is 14.3. The predicted molar refractivity (Wildman–Crippen MR) is 74.0 cm³/mol. The number of carboxylic acid groups (broad SMARTS) is 1. The number of amides is 1.